The van der Waals surface area contributed by atoms with Crippen LogP contribution in [-0.4, -0.2) is 28.2 Å². The fraction of sp³-hybridized carbons (Fsp3) is 0.730. The first-order valence-electron chi connectivity index (χ1n) is 16.5. The molecular weight excluding hydrogens is 522 g/mol. The van der Waals surface area contributed by atoms with Gasteiger partial charge in [0, 0.05) is 5.69 Å². The molecule has 0 unspecified atom stereocenters. The van der Waals surface area contributed by atoms with Gasteiger partial charge in [0.2, 0.25) is 5.91 Å². The topological polar surface area (TPSA) is 86.6 Å². The second-order valence-corrected chi connectivity index (χ2v) is 17.1. The Hall–Kier alpha value is -2.14. The number of rotatable bonds is 3. The minimum absolute atomic E-state index is 0.0507. The lowest BCUT2D eigenvalue weighted by Gasteiger charge is -2.71. The number of aromatic carboxylic acids is 1. The van der Waals surface area contributed by atoms with Crippen molar-refractivity contribution >= 4 is 17.6 Å². The molecule has 5 aliphatic carbocycles. The van der Waals surface area contributed by atoms with Crippen LogP contribution < -0.4 is 5.32 Å². The van der Waals surface area contributed by atoms with Crippen molar-refractivity contribution in [2.45, 2.75) is 119 Å². The number of amides is 1. The molecule has 8 atom stereocenters. The summed E-state index contributed by atoms with van der Waals surface area (Å²) in [5, 5.41) is 23.6. The SMILES string of the molecule is CC1(C)CC[C@]2(C(=O)Nc3ccc(C(=O)O)cc3)CC[C@]3(C)C(=CC[C@@H]4[C@@]5(C)CC[C@H](O)C(C)(C)[C@@H]5CC[C@]43C)[C@@H]2C1. The molecule has 1 aromatic carbocycles. The van der Waals surface area contributed by atoms with E-state index in [2.05, 4.69) is 59.9 Å². The van der Waals surface area contributed by atoms with Crippen LogP contribution in [0.15, 0.2) is 35.9 Å². The number of carbonyl (C=O) groups is 2. The van der Waals surface area contributed by atoms with E-state index in [9.17, 15) is 19.8 Å². The fourth-order valence-electron chi connectivity index (χ4n) is 11.6. The molecule has 0 aromatic heterocycles. The number of nitrogens with one attached hydrogen (secondary N) is 1. The van der Waals surface area contributed by atoms with E-state index in [-0.39, 0.29) is 50.6 Å². The van der Waals surface area contributed by atoms with Gasteiger partial charge in [-0.1, -0.05) is 60.1 Å². The average molecular weight is 576 g/mol. The number of hydrogen-bond acceptors (Lipinski definition) is 3. The highest BCUT2D eigenvalue weighted by molar-refractivity contribution is 5.97. The van der Waals surface area contributed by atoms with Crippen LogP contribution in [0.5, 0.6) is 0 Å². The molecular formula is C37H53NO4. The van der Waals surface area contributed by atoms with Crippen molar-refractivity contribution in [2.75, 3.05) is 5.32 Å². The quantitative estimate of drug-likeness (QED) is 0.316. The molecule has 0 aliphatic heterocycles. The second kappa shape index (κ2) is 9.43. The molecule has 6 rings (SSSR count). The van der Waals surface area contributed by atoms with Crippen LogP contribution in [0.25, 0.3) is 0 Å². The number of aliphatic hydroxyl groups is 1. The van der Waals surface area contributed by atoms with Crippen molar-refractivity contribution in [3.63, 3.8) is 0 Å². The van der Waals surface area contributed by atoms with Crippen molar-refractivity contribution in [2.24, 2.45) is 50.2 Å². The molecule has 3 N–H and O–H groups in total. The highest BCUT2D eigenvalue weighted by Crippen LogP contribution is 2.75. The number of carbonyl (C=O) groups excluding carboxylic acids is 1. The monoisotopic (exact) mass is 575 g/mol. The first-order valence-corrected chi connectivity index (χ1v) is 16.5. The largest absolute Gasteiger partial charge is 0.478 e. The van der Waals surface area contributed by atoms with Crippen LogP contribution in [0.2, 0.25) is 0 Å². The molecule has 5 heteroatoms. The van der Waals surface area contributed by atoms with Gasteiger partial charge < -0.3 is 15.5 Å². The molecule has 4 saturated carbocycles. The minimum Gasteiger partial charge on any atom is -0.478 e. The summed E-state index contributed by atoms with van der Waals surface area (Å²) in [6.45, 7) is 17.1. The number of fused-ring (bicyclic) bond motifs is 7. The van der Waals surface area contributed by atoms with Crippen molar-refractivity contribution < 1.29 is 19.8 Å². The zero-order valence-corrected chi connectivity index (χ0v) is 27.0. The van der Waals surface area contributed by atoms with E-state index in [1.807, 2.05) is 0 Å². The Morgan fingerprint density at radius 1 is 0.833 bits per heavy atom. The summed E-state index contributed by atoms with van der Waals surface area (Å²) in [6.07, 6.45) is 12.7. The molecule has 5 nitrogen and oxygen atoms in total. The summed E-state index contributed by atoms with van der Waals surface area (Å²) in [5.74, 6) is 0.473. The predicted octanol–water partition coefficient (Wildman–Crippen LogP) is 8.49. The summed E-state index contributed by atoms with van der Waals surface area (Å²) in [6, 6.07) is 6.59. The summed E-state index contributed by atoms with van der Waals surface area (Å²) in [5.41, 5.74) is 2.56. The molecule has 42 heavy (non-hydrogen) atoms. The molecule has 5 aliphatic rings. The van der Waals surface area contributed by atoms with E-state index < -0.39 is 11.4 Å². The summed E-state index contributed by atoms with van der Waals surface area (Å²) in [7, 11) is 0. The Balaban J connectivity index is 1.37. The summed E-state index contributed by atoms with van der Waals surface area (Å²) < 4.78 is 0. The maximum atomic E-state index is 14.4. The van der Waals surface area contributed by atoms with E-state index >= 15 is 0 Å². The van der Waals surface area contributed by atoms with Gasteiger partial charge in [-0.05, 0) is 133 Å². The summed E-state index contributed by atoms with van der Waals surface area (Å²) >= 11 is 0. The number of anilines is 1. The van der Waals surface area contributed by atoms with Gasteiger partial charge in [-0.15, -0.1) is 0 Å². The van der Waals surface area contributed by atoms with Gasteiger partial charge in [-0.2, -0.15) is 0 Å². The highest BCUT2D eigenvalue weighted by atomic mass is 16.4. The lowest BCUT2D eigenvalue weighted by Crippen LogP contribution is -2.65. The number of allylic oxidation sites excluding steroid dienone is 2. The standard InChI is InChI=1S/C37H53NO4/c1-32(2)18-20-37(31(42)38-24-10-8-23(9-11-24)30(40)41)21-19-35(6)25(26(37)22-32)12-13-28-34(5)16-15-29(39)33(3,4)27(34)14-17-36(28,35)7/h8-12,26-29,39H,13-22H2,1-7H3,(H,38,42)(H,40,41)/t26-,27-,28+,29-,34-,35+,36+,37-/m0/s1. The molecule has 0 heterocycles. The molecule has 0 bridgehead atoms. The van der Waals surface area contributed by atoms with Crippen LogP contribution in [0.1, 0.15) is 123 Å². The van der Waals surface area contributed by atoms with Crippen molar-refractivity contribution in [1.82, 2.24) is 0 Å². The molecule has 0 spiro atoms. The number of benzene rings is 1. The normalized spacial score (nSPS) is 43.5. The van der Waals surface area contributed by atoms with Gasteiger partial charge >= 0.3 is 5.97 Å². The lowest BCUT2D eigenvalue weighted by atomic mass is 9.33. The number of hydrogen-bond donors (Lipinski definition) is 3. The van der Waals surface area contributed by atoms with E-state index in [1.54, 1.807) is 29.8 Å². The zero-order valence-electron chi connectivity index (χ0n) is 27.0. The second-order valence-electron chi connectivity index (χ2n) is 17.1. The van der Waals surface area contributed by atoms with Crippen LogP contribution in [0.3, 0.4) is 0 Å². The van der Waals surface area contributed by atoms with Crippen molar-refractivity contribution in [3.8, 4) is 0 Å². The third-order valence-electron chi connectivity index (χ3n) is 14.5. The molecule has 0 saturated heterocycles. The van der Waals surface area contributed by atoms with E-state index in [0.29, 0.717) is 17.5 Å². The smallest absolute Gasteiger partial charge is 0.335 e. The predicted molar refractivity (Wildman–Crippen MR) is 167 cm³/mol. The van der Waals surface area contributed by atoms with E-state index in [0.717, 1.165) is 51.4 Å². The Morgan fingerprint density at radius 2 is 1.50 bits per heavy atom. The maximum absolute atomic E-state index is 14.4. The molecule has 230 valence electrons. The molecule has 4 fully saturated rings. The zero-order chi connectivity index (χ0) is 30.5. The Kier molecular flexibility index (Phi) is 6.71. The third kappa shape index (κ3) is 4.04. The van der Waals surface area contributed by atoms with Crippen molar-refractivity contribution in [1.29, 1.82) is 0 Å². The Bertz CT molecular complexity index is 1310. The third-order valence-corrected chi connectivity index (χ3v) is 14.5. The van der Waals surface area contributed by atoms with Gasteiger partial charge in [0.05, 0.1) is 17.1 Å². The minimum atomic E-state index is -0.959. The Morgan fingerprint density at radius 3 is 2.17 bits per heavy atom. The van der Waals surface area contributed by atoms with Gasteiger partial charge in [0.15, 0.2) is 0 Å². The molecule has 1 aromatic rings. The highest BCUT2D eigenvalue weighted by Gasteiger charge is 2.69. The number of carboxylic acids is 1. The van der Waals surface area contributed by atoms with E-state index in [1.165, 1.54) is 12.8 Å². The molecule has 1 amide bonds. The number of aliphatic hydroxyl groups excluding tert-OH is 1. The van der Waals surface area contributed by atoms with Gasteiger partial charge in [-0.3, -0.25) is 4.79 Å². The van der Waals surface area contributed by atoms with Gasteiger partial charge in [0.25, 0.3) is 0 Å². The van der Waals surface area contributed by atoms with E-state index in [4.69, 9.17) is 0 Å². The maximum Gasteiger partial charge on any atom is 0.335 e. The van der Waals surface area contributed by atoms with Crippen LogP contribution in [0.4, 0.5) is 5.69 Å². The first-order chi connectivity index (χ1) is 19.5. The van der Waals surface area contributed by atoms with Crippen LogP contribution in [0, 0.1) is 50.2 Å². The van der Waals surface area contributed by atoms with Crippen molar-refractivity contribution in [3.05, 3.63) is 41.5 Å². The summed E-state index contributed by atoms with van der Waals surface area (Å²) in [4.78, 5) is 25.7. The molecule has 0 radical (unpaired) electrons. The van der Waals surface area contributed by atoms with Gasteiger partial charge in [-0.25, -0.2) is 4.79 Å². The first kappa shape index (κ1) is 29.9. The van der Waals surface area contributed by atoms with Crippen LogP contribution >= 0.6 is 0 Å². The number of carboxylic acid groups (broad SMARTS) is 1. The fourth-order valence-corrected chi connectivity index (χ4v) is 11.6. The lowest BCUT2D eigenvalue weighted by molar-refractivity contribution is -0.203. The van der Waals surface area contributed by atoms with Gasteiger partial charge in [0.1, 0.15) is 0 Å². The average Bonchev–Trinajstić information content (AvgIpc) is 2.91. The van der Waals surface area contributed by atoms with Crippen LogP contribution in [-0.2, 0) is 4.79 Å². The Labute approximate surface area is 252 Å².